The molecule has 7 rings (SSSR count). The monoisotopic (exact) mass is 785 g/mol. The van der Waals surface area contributed by atoms with Crippen molar-refractivity contribution in [1.29, 1.82) is 0 Å². The van der Waals surface area contributed by atoms with Crippen LogP contribution in [0.3, 0.4) is 0 Å². The number of pyridine rings is 1. The quantitative estimate of drug-likeness (QED) is 0.106. The molecular weight excluding hydrogens is 741 g/mol. The minimum Gasteiger partial charge on any atom is -0.481 e. The average Bonchev–Trinajstić information content (AvgIpc) is 3.90. The number of aryl methyl sites for hydroxylation is 1. The summed E-state index contributed by atoms with van der Waals surface area (Å²) < 4.78 is 14.1. The first kappa shape index (κ1) is 38.5. The van der Waals surface area contributed by atoms with Crippen molar-refractivity contribution in [2.24, 2.45) is 13.0 Å². The molecule has 55 heavy (non-hydrogen) atoms. The van der Waals surface area contributed by atoms with Gasteiger partial charge in [-0.2, -0.15) is 4.98 Å². The fourth-order valence-corrected chi connectivity index (χ4v) is 8.24. The molecule has 2 saturated heterocycles. The fraction of sp³-hybridized carbons (Fsp3) is 0.390. The van der Waals surface area contributed by atoms with E-state index >= 15 is 0 Å². The van der Waals surface area contributed by atoms with Crippen LogP contribution in [0.25, 0.3) is 33.5 Å². The van der Waals surface area contributed by atoms with Gasteiger partial charge < -0.3 is 29.8 Å². The molecule has 3 aromatic heterocycles. The Labute approximate surface area is 330 Å². The Morgan fingerprint density at radius 1 is 1.09 bits per heavy atom. The number of benzene rings is 2. The van der Waals surface area contributed by atoms with Crippen LogP contribution in [0, 0.1) is 12.8 Å². The van der Waals surface area contributed by atoms with Crippen LogP contribution in [0.1, 0.15) is 61.0 Å². The van der Waals surface area contributed by atoms with Crippen molar-refractivity contribution in [1.82, 2.24) is 35.1 Å². The molecule has 3 N–H and O–H groups in total. The van der Waals surface area contributed by atoms with Crippen molar-refractivity contribution in [2.75, 3.05) is 26.7 Å². The van der Waals surface area contributed by atoms with Gasteiger partial charge in [-0.3, -0.25) is 19.5 Å². The van der Waals surface area contributed by atoms with Crippen LogP contribution in [0.2, 0.25) is 10.0 Å². The molecule has 2 fully saturated rings. The Balaban J connectivity index is 1.11. The van der Waals surface area contributed by atoms with Gasteiger partial charge in [-0.15, -0.1) is 0 Å². The largest absolute Gasteiger partial charge is 0.481 e. The summed E-state index contributed by atoms with van der Waals surface area (Å²) in [6.45, 7) is 7.04. The van der Waals surface area contributed by atoms with E-state index in [1.807, 2.05) is 55.1 Å². The maximum Gasteiger partial charge on any atom is 0.307 e. The average molecular weight is 787 g/mol. The van der Waals surface area contributed by atoms with Gasteiger partial charge in [-0.1, -0.05) is 66.5 Å². The number of likely N-dealkylation sites (tertiary alicyclic amines) is 1. The van der Waals surface area contributed by atoms with Gasteiger partial charge in [0.15, 0.2) is 5.65 Å². The zero-order valence-corrected chi connectivity index (χ0v) is 32.9. The number of fused-ring (bicyclic) bond motifs is 1. The lowest BCUT2D eigenvalue weighted by Crippen LogP contribution is -2.35. The summed E-state index contributed by atoms with van der Waals surface area (Å²) in [5.74, 6) is -0.395. The highest BCUT2D eigenvalue weighted by molar-refractivity contribution is 6.36. The molecule has 288 valence electrons. The minimum atomic E-state index is -0.777. The molecule has 1 amide bonds. The van der Waals surface area contributed by atoms with Crippen LogP contribution in [0.15, 0.2) is 54.9 Å². The molecule has 5 heterocycles. The van der Waals surface area contributed by atoms with Gasteiger partial charge in [0.1, 0.15) is 16.6 Å². The number of amides is 1. The van der Waals surface area contributed by atoms with Crippen LogP contribution >= 0.6 is 23.2 Å². The molecule has 2 aromatic carbocycles. The van der Waals surface area contributed by atoms with Crippen molar-refractivity contribution in [3.05, 3.63) is 87.2 Å². The number of nitrogens with zero attached hydrogens (tertiary/aromatic N) is 5. The number of methoxy groups -OCH3 is 1. The zero-order chi connectivity index (χ0) is 38.8. The normalized spacial score (nSPS) is 17.8. The van der Waals surface area contributed by atoms with E-state index in [1.54, 1.807) is 19.4 Å². The second kappa shape index (κ2) is 16.5. The third-order valence-corrected chi connectivity index (χ3v) is 11.3. The Bertz CT molecular complexity index is 2240. The van der Waals surface area contributed by atoms with Crippen molar-refractivity contribution in [3.63, 3.8) is 0 Å². The summed E-state index contributed by atoms with van der Waals surface area (Å²) in [5, 5.41) is 16.8. The lowest BCUT2D eigenvalue weighted by molar-refractivity contribution is -0.141. The van der Waals surface area contributed by atoms with E-state index in [9.17, 15) is 14.7 Å². The van der Waals surface area contributed by atoms with Gasteiger partial charge in [0.05, 0.1) is 29.9 Å². The van der Waals surface area contributed by atoms with Crippen molar-refractivity contribution >= 4 is 46.2 Å². The van der Waals surface area contributed by atoms with Crippen LogP contribution in [0.4, 0.5) is 0 Å². The highest BCUT2D eigenvalue weighted by atomic mass is 35.5. The Kier molecular flexibility index (Phi) is 11.6. The van der Waals surface area contributed by atoms with Crippen molar-refractivity contribution in [2.45, 2.75) is 64.8 Å². The van der Waals surface area contributed by atoms with Crippen molar-refractivity contribution in [3.8, 4) is 34.1 Å². The topological polar surface area (TPSA) is 144 Å². The maximum absolute atomic E-state index is 11.6. The lowest BCUT2D eigenvalue weighted by Gasteiger charge is -2.23. The summed E-state index contributed by atoms with van der Waals surface area (Å²) in [5.41, 5.74) is 8.62. The number of rotatable bonds is 14. The third kappa shape index (κ3) is 8.14. The number of aromatic nitrogens is 4. The molecule has 0 spiro atoms. The van der Waals surface area contributed by atoms with Gasteiger partial charge in [-0.25, -0.2) is 4.98 Å². The molecule has 0 aliphatic carbocycles. The second-order valence-electron chi connectivity index (χ2n) is 14.3. The smallest absolute Gasteiger partial charge is 0.307 e. The number of carboxylic acid groups (broad SMARTS) is 1. The minimum absolute atomic E-state index is 0.108. The van der Waals surface area contributed by atoms with Crippen LogP contribution < -0.4 is 20.1 Å². The summed E-state index contributed by atoms with van der Waals surface area (Å²) in [7, 11) is 3.51. The summed E-state index contributed by atoms with van der Waals surface area (Å²) in [4.78, 5) is 39.6. The highest BCUT2D eigenvalue weighted by Gasteiger charge is 2.29. The summed E-state index contributed by atoms with van der Waals surface area (Å²) in [6, 6.07) is 14.0. The van der Waals surface area contributed by atoms with E-state index in [0.717, 1.165) is 56.5 Å². The molecule has 0 unspecified atom stereocenters. The van der Waals surface area contributed by atoms with Gasteiger partial charge in [0.2, 0.25) is 17.7 Å². The first-order valence-corrected chi connectivity index (χ1v) is 19.3. The molecule has 12 nitrogen and oxygen atoms in total. The molecule has 5 aromatic rings. The molecule has 14 heteroatoms. The fourth-order valence-electron chi connectivity index (χ4n) is 7.70. The predicted octanol–water partition coefficient (Wildman–Crippen LogP) is 7.13. The molecule has 0 radical (unpaired) electrons. The van der Waals surface area contributed by atoms with E-state index in [4.69, 9.17) is 42.6 Å². The number of carbonyl (C=O) groups excluding carboxylic acids is 1. The molecule has 2 aliphatic rings. The highest BCUT2D eigenvalue weighted by Crippen LogP contribution is 2.41. The molecular formula is C41H45Cl2N7O5. The third-order valence-electron chi connectivity index (χ3n) is 10.6. The van der Waals surface area contributed by atoms with E-state index in [2.05, 4.69) is 33.5 Å². The maximum atomic E-state index is 11.6. The summed E-state index contributed by atoms with van der Waals surface area (Å²) in [6.07, 6.45) is 6.11. The Hall–Kier alpha value is -4.75. The number of hydrogen-bond acceptors (Lipinski definition) is 9. The van der Waals surface area contributed by atoms with E-state index in [0.29, 0.717) is 73.6 Å². The standard InChI is InChI=1S/C41H45Cl2N7O5/c1-5-34(55-40-32(42)16-25(39(48-40)54-4)22-50-15-14-24(21-50)41(52)53)29-9-6-8-28(23(29)2)30-10-7-11-31(36(30)43)33-19-45-37-26(20-49(3)38(37)47-33)17-44-18-27-12-13-35(51)46-27/h6-11,16,19-20,24,27,34,44H,5,12-15,17-18,21-22H2,1-4H3,(H,46,51)(H,52,53)/t24-,27+,34+/m1/s1. The lowest BCUT2D eigenvalue weighted by atomic mass is 9.92. The van der Waals surface area contributed by atoms with E-state index in [-0.39, 0.29) is 29.9 Å². The Morgan fingerprint density at radius 2 is 1.87 bits per heavy atom. The van der Waals surface area contributed by atoms with Gasteiger partial charge >= 0.3 is 5.97 Å². The summed E-state index contributed by atoms with van der Waals surface area (Å²) >= 11 is 14.0. The van der Waals surface area contributed by atoms with Crippen LogP contribution in [0.5, 0.6) is 11.8 Å². The first-order valence-electron chi connectivity index (χ1n) is 18.6. The molecule has 2 aliphatic heterocycles. The van der Waals surface area contributed by atoms with E-state index < -0.39 is 5.97 Å². The number of carbonyl (C=O) groups is 2. The number of halogens is 2. The van der Waals surface area contributed by atoms with Crippen LogP contribution in [-0.4, -0.2) is 74.2 Å². The Morgan fingerprint density at radius 3 is 2.60 bits per heavy atom. The number of nitrogens with one attached hydrogen (secondary N) is 2. The SMILES string of the molecule is CC[C@H](Oc1nc(OC)c(CN2CC[C@@H](C(=O)O)C2)cc1Cl)c1cccc(-c2cccc(-c3cnc4c(CNC[C@@H]5CCC(=O)N5)cn(C)c4n3)c2Cl)c1C. The molecule has 0 bridgehead atoms. The van der Waals surface area contributed by atoms with Gasteiger partial charge in [-0.05, 0) is 55.5 Å². The second-order valence-corrected chi connectivity index (χ2v) is 15.1. The van der Waals surface area contributed by atoms with E-state index in [1.165, 1.54) is 0 Å². The first-order chi connectivity index (χ1) is 26.5. The van der Waals surface area contributed by atoms with Crippen molar-refractivity contribution < 1.29 is 24.2 Å². The van der Waals surface area contributed by atoms with Crippen LogP contribution in [-0.2, 0) is 29.7 Å². The number of ether oxygens (including phenoxy) is 2. The predicted molar refractivity (Wildman–Crippen MR) is 212 cm³/mol. The number of hydrogen-bond donors (Lipinski definition) is 3. The van der Waals surface area contributed by atoms with Gasteiger partial charge in [0.25, 0.3) is 0 Å². The number of aliphatic carboxylic acids is 1. The molecule has 3 atom stereocenters. The zero-order valence-electron chi connectivity index (χ0n) is 31.4. The number of carboxylic acids is 1. The molecule has 0 saturated carbocycles. The van der Waals surface area contributed by atoms with Gasteiger partial charge in [0, 0.05) is 74.1 Å².